The van der Waals surface area contributed by atoms with Crippen molar-refractivity contribution in [2.75, 3.05) is 6.54 Å². The third-order valence-electron chi connectivity index (χ3n) is 8.74. The maximum absolute atomic E-state index is 13.9. The SMILES string of the molecule is C[C@]12CC[C@@H]3c4ccc(C(=O)NCCC(=O)O)cc4CC[C@H]3[C@@H]1CC[C@@H]2c1cncc(F)c1. The lowest BCUT2D eigenvalue weighted by atomic mass is 9.53. The van der Waals surface area contributed by atoms with E-state index in [0.29, 0.717) is 29.2 Å². The van der Waals surface area contributed by atoms with Gasteiger partial charge in [-0.2, -0.15) is 0 Å². The number of rotatable bonds is 5. The molecular weight excluding hydrogens is 419 g/mol. The van der Waals surface area contributed by atoms with Crippen LogP contribution in [0.1, 0.15) is 84.3 Å². The van der Waals surface area contributed by atoms with Crippen molar-refractivity contribution in [3.8, 4) is 0 Å². The summed E-state index contributed by atoms with van der Waals surface area (Å²) in [6.45, 7) is 2.55. The van der Waals surface area contributed by atoms with Crippen LogP contribution < -0.4 is 5.32 Å². The summed E-state index contributed by atoms with van der Waals surface area (Å²) >= 11 is 0. The highest BCUT2D eigenvalue weighted by Gasteiger charge is 2.55. The van der Waals surface area contributed by atoms with Crippen molar-refractivity contribution in [2.45, 2.75) is 63.7 Å². The Balaban J connectivity index is 1.34. The highest BCUT2D eigenvalue weighted by atomic mass is 19.1. The molecule has 1 aromatic carbocycles. The van der Waals surface area contributed by atoms with E-state index in [1.807, 2.05) is 18.3 Å². The molecule has 1 aromatic heterocycles. The van der Waals surface area contributed by atoms with Crippen molar-refractivity contribution in [3.63, 3.8) is 0 Å². The number of carboxylic acid groups (broad SMARTS) is 1. The fourth-order valence-electron chi connectivity index (χ4n) is 7.28. The number of hydrogen-bond acceptors (Lipinski definition) is 3. The number of carboxylic acids is 1. The Morgan fingerprint density at radius 2 is 2.03 bits per heavy atom. The van der Waals surface area contributed by atoms with E-state index in [4.69, 9.17) is 5.11 Å². The van der Waals surface area contributed by atoms with Gasteiger partial charge < -0.3 is 10.4 Å². The van der Waals surface area contributed by atoms with Gasteiger partial charge in [0, 0.05) is 18.3 Å². The number of carbonyl (C=O) groups excluding carboxylic acids is 1. The Bertz CT molecular complexity index is 1090. The number of benzene rings is 1. The Hall–Kier alpha value is -2.76. The maximum atomic E-state index is 13.9. The van der Waals surface area contributed by atoms with Crippen LogP contribution in [0.2, 0.25) is 0 Å². The summed E-state index contributed by atoms with van der Waals surface area (Å²) in [4.78, 5) is 27.3. The molecule has 5 rings (SSSR count). The van der Waals surface area contributed by atoms with Gasteiger partial charge in [0.1, 0.15) is 5.82 Å². The maximum Gasteiger partial charge on any atom is 0.305 e. The summed E-state index contributed by atoms with van der Waals surface area (Å²) in [5.41, 5.74) is 4.48. The average molecular weight is 451 g/mol. The third kappa shape index (κ3) is 3.94. The van der Waals surface area contributed by atoms with E-state index < -0.39 is 5.97 Å². The molecule has 2 N–H and O–H groups in total. The molecule has 2 fully saturated rings. The highest BCUT2D eigenvalue weighted by Crippen LogP contribution is 2.65. The Kier molecular flexibility index (Phi) is 5.71. The van der Waals surface area contributed by atoms with Gasteiger partial charge in [0.2, 0.25) is 0 Å². The topological polar surface area (TPSA) is 79.3 Å². The second-order valence-corrected chi connectivity index (χ2v) is 10.3. The van der Waals surface area contributed by atoms with Gasteiger partial charge in [0.05, 0.1) is 12.6 Å². The van der Waals surface area contributed by atoms with Gasteiger partial charge in [-0.3, -0.25) is 14.6 Å². The monoisotopic (exact) mass is 450 g/mol. The molecule has 2 saturated carbocycles. The zero-order chi connectivity index (χ0) is 23.2. The van der Waals surface area contributed by atoms with E-state index in [1.165, 1.54) is 23.7 Å². The number of aliphatic carboxylic acids is 1. The molecule has 5 atom stereocenters. The molecule has 174 valence electrons. The number of nitrogens with one attached hydrogen (secondary N) is 1. The molecule has 3 aliphatic rings. The van der Waals surface area contributed by atoms with Gasteiger partial charge in [-0.1, -0.05) is 13.0 Å². The molecule has 0 radical (unpaired) electrons. The highest BCUT2D eigenvalue weighted by molar-refractivity contribution is 5.94. The number of nitrogens with zero attached hydrogens (tertiary/aromatic N) is 1. The van der Waals surface area contributed by atoms with E-state index in [-0.39, 0.29) is 30.1 Å². The summed E-state index contributed by atoms with van der Waals surface area (Å²) < 4.78 is 13.9. The fourth-order valence-corrected chi connectivity index (χ4v) is 7.28. The molecule has 3 aliphatic carbocycles. The zero-order valence-electron chi connectivity index (χ0n) is 19.0. The first-order valence-electron chi connectivity index (χ1n) is 12.1. The van der Waals surface area contributed by atoms with Gasteiger partial charge in [0.25, 0.3) is 5.91 Å². The van der Waals surface area contributed by atoms with Crippen molar-refractivity contribution in [2.24, 2.45) is 17.3 Å². The minimum absolute atomic E-state index is 0.0761. The fraction of sp³-hybridized carbons (Fsp3) is 0.519. The molecule has 5 nitrogen and oxygen atoms in total. The summed E-state index contributed by atoms with van der Waals surface area (Å²) in [5, 5.41) is 11.5. The van der Waals surface area contributed by atoms with E-state index in [9.17, 15) is 14.0 Å². The first-order chi connectivity index (χ1) is 15.9. The molecule has 0 saturated heterocycles. The Morgan fingerprint density at radius 1 is 1.18 bits per heavy atom. The van der Waals surface area contributed by atoms with Crippen molar-refractivity contribution in [1.82, 2.24) is 10.3 Å². The molecule has 0 bridgehead atoms. The number of aryl methyl sites for hydroxylation is 1. The number of hydrogen-bond donors (Lipinski definition) is 2. The standard InChI is InChI=1S/C27H31FN2O3/c1-27-10-8-21-20-4-3-17(26(33)30-11-9-25(31)32)12-16(20)2-5-22(21)24(27)7-6-23(27)18-13-19(28)15-29-14-18/h3-4,12-15,21-24H,2,5-11H2,1H3,(H,30,33)(H,31,32)/t21-,22-,23-,24+,27-/m1/s1. The number of carbonyl (C=O) groups is 2. The minimum Gasteiger partial charge on any atom is -0.481 e. The molecule has 0 unspecified atom stereocenters. The van der Waals surface area contributed by atoms with Crippen LogP contribution in [0, 0.1) is 23.1 Å². The number of halogens is 1. The molecule has 1 heterocycles. The predicted molar refractivity (Wildman–Crippen MR) is 123 cm³/mol. The number of fused-ring (bicyclic) bond motifs is 5. The first-order valence-corrected chi connectivity index (χ1v) is 12.1. The molecule has 2 aromatic rings. The predicted octanol–water partition coefficient (Wildman–Crippen LogP) is 5.07. The number of amides is 1. The Labute approximate surface area is 193 Å². The smallest absolute Gasteiger partial charge is 0.305 e. The lowest BCUT2D eigenvalue weighted by molar-refractivity contribution is -0.136. The lowest BCUT2D eigenvalue weighted by Crippen LogP contribution is -2.41. The quantitative estimate of drug-likeness (QED) is 0.667. The third-order valence-corrected chi connectivity index (χ3v) is 8.74. The van der Waals surface area contributed by atoms with Crippen LogP contribution in [0.4, 0.5) is 4.39 Å². The largest absolute Gasteiger partial charge is 0.481 e. The van der Waals surface area contributed by atoms with Crippen molar-refractivity contribution >= 4 is 11.9 Å². The number of aromatic nitrogens is 1. The van der Waals surface area contributed by atoms with Crippen LogP contribution in [0.5, 0.6) is 0 Å². The van der Waals surface area contributed by atoms with Gasteiger partial charge in [0.15, 0.2) is 0 Å². The van der Waals surface area contributed by atoms with E-state index in [0.717, 1.165) is 37.7 Å². The minimum atomic E-state index is -0.918. The van der Waals surface area contributed by atoms with Crippen molar-refractivity contribution in [3.05, 3.63) is 64.7 Å². The molecule has 33 heavy (non-hydrogen) atoms. The van der Waals surface area contributed by atoms with Crippen molar-refractivity contribution < 1.29 is 19.1 Å². The second kappa shape index (κ2) is 8.54. The molecule has 1 amide bonds. The molecule has 0 aliphatic heterocycles. The molecule has 6 heteroatoms. The van der Waals surface area contributed by atoms with Crippen LogP contribution in [0.3, 0.4) is 0 Å². The molecular formula is C27H31FN2O3. The lowest BCUT2D eigenvalue weighted by Gasteiger charge is -2.51. The van der Waals surface area contributed by atoms with Gasteiger partial charge in [-0.25, -0.2) is 4.39 Å². The van der Waals surface area contributed by atoms with Crippen LogP contribution in [-0.2, 0) is 11.2 Å². The normalized spacial score (nSPS) is 30.1. The summed E-state index contributed by atoms with van der Waals surface area (Å²) in [5.74, 6) is 0.751. The second-order valence-electron chi connectivity index (χ2n) is 10.3. The van der Waals surface area contributed by atoms with E-state index in [2.05, 4.69) is 23.3 Å². The first kappa shape index (κ1) is 22.1. The van der Waals surface area contributed by atoms with Crippen LogP contribution in [-0.4, -0.2) is 28.5 Å². The summed E-state index contributed by atoms with van der Waals surface area (Å²) in [6, 6.07) is 7.70. The van der Waals surface area contributed by atoms with Gasteiger partial charge in [-0.15, -0.1) is 0 Å². The number of pyridine rings is 1. The Morgan fingerprint density at radius 3 is 2.82 bits per heavy atom. The van der Waals surface area contributed by atoms with Crippen LogP contribution in [0.15, 0.2) is 36.7 Å². The van der Waals surface area contributed by atoms with Crippen LogP contribution >= 0.6 is 0 Å². The zero-order valence-corrected chi connectivity index (χ0v) is 19.0. The van der Waals surface area contributed by atoms with Gasteiger partial charge in [-0.05, 0) is 103 Å². The van der Waals surface area contributed by atoms with Crippen molar-refractivity contribution in [1.29, 1.82) is 0 Å². The average Bonchev–Trinajstić information content (AvgIpc) is 3.15. The van der Waals surface area contributed by atoms with Crippen LogP contribution in [0.25, 0.3) is 0 Å². The van der Waals surface area contributed by atoms with E-state index >= 15 is 0 Å². The van der Waals surface area contributed by atoms with E-state index in [1.54, 1.807) is 6.07 Å². The van der Waals surface area contributed by atoms with Gasteiger partial charge >= 0.3 is 5.97 Å². The summed E-state index contributed by atoms with van der Waals surface area (Å²) in [7, 11) is 0. The molecule has 0 spiro atoms. The summed E-state index contributed by atoms with van der Waals surface area (Å²) in [6.07, 6.45) is 9.66.